The van der Waals surface area contributed by atoms with Gasteiger partial charge in [0.15, 0.2) is 0 Å². The van der Waals surface area contributed by atoms with Crippen LogP contribution in [0.2, 0.25) is 0 Å². The Labute approximate surface area is 122 Å². The van der Waals surface area contributed by atoms with Crippen molar-refractivity contribution in [3.05, 3.63) is 29.8 Å². The predicted molar refractivity (Wildman–Crippen MR) is 84.6 cm³/mol. The molecule has 1 aromatic carbocycles. The van der Waals surface area contributed by atoms with Crippen molar-refractivity contribution in [1.29, 1.82) is 0 Å². The number of benzene rings is 1. The van der Waals surface area contributed by atoms with Gasteiger partial charge >= 0.3 is 0 Å². The smallest absolute Gasteiger partial charge is 0.224 e. The zero-order chi connectivity index (χ0) is 14.8. The van der Waals surface area contributed by atoms with Gasteiger partial charge in [0.05, 0.1) is 0 Å². The molecule has 0 aliphatic heterocycles. The summed E-state index contributed by atoms with van der Waals surface area (Å²) < 4.78 is 0. The van der Waals surface area contributed by atoms with Gasteiger partial charge in [-0.1, -0.05) is 26.0 Å². The Morgan fingerprint density at radius 1 is 1.20 bits per heavy atom. The molecule has 112 valence electrons. The normalized spacial score (nSPS) is 10.8. The summed E-state index contributed by atoms with van der Waals surface area (Å²) in [5.74, 6) is 0.0815. The van der Waals surface area contributed by atoms with Gasteiger partial charge in [0.1, 0.15) is 0 Å². The lowest BCUT2D eigenvalue weighted by atomic mass is 10.2. The molecular formula is C16H27N3O. The highest BCUT2D eigenvalue weighted by molar-refractivity contribution is 5.90. The van der Waals surface area contributed by atoms with E-state index in [1.54, 1.807) is 0 Å². The molecule has 20 heavy (non-hydrogen) atoms. The molecule has 0 aromatic heterocycles. The number of hydrogen-bond acceptors (Lipinski definition) is 3. The number of nitrogens with two attached hydrogens (primary N) is 1. The fraction of sp³-hybridized carbons (Fsp3) is 0.562. The van der Waals surface area contributed by atoms with E-state index in [-0.39, 0.29) is 5.91 Å². The van der Waals surface area contributed by atoms with Crippen LogP contribution in [0, 0.1) is 0 Å². The summed E-state index contributed by atoms with van der Waals surface area (Å²) in [5, 5.41) is 2.92. The molecule has 3 N–H and O–H groups in total. The summed E-state index contributed by atoms with van der Waals surface area (Å²) >= 11 is 0. The summed E-state index contributed by atoms with van der Waals surface area (Å²) in [7, 11) is 0. The first-order valence-electron chi connectivity index (χ1n) is 7.50. The van der Waals surface area contributed by atoms with E-state index >= 15 is 0 Å². The van der Waals surface area contributed by atoms with Crippen LogP contribution in [0.3, 0.4) is 0 Å². The maximum absolute atomic E-state index is 11.8. The van der Waals surface area contributed by atoms with Gasteiger partial charge < -0.3 is 16.0 Å². The molecular weight excluding hydrogens is 250 g/mol. The van der Waals surface area contributed by atoms with Crippen LogP contribution in [0.5, 0.6) is 0 Å². The van der Waals surface area contributed by atoms with Crippen molar-refractivity contribution in [1.82, 2.24) is 4.90 Å². The van der Waals surface area contributed by atoms with Gasteiger partial charge in [0.25, 0.3) is 0 Å². The van der Waals surface area contributed by atoms with E-state index in [4.69, 9.17) is 5.73 Å². The van der Waals surface area contributed by atoms with Gasteiger partial charge in [-0.05, 0) is 50.2 Å². The first kappa shape index (κ1) is 16.7. The topological polar surface area (TPSA) is 58.4 Å². The Kier molecular flexibility index (Phi) is 7.92. The SMILES string of the molecule is CCCN(CC)CCCC(=O)Nc1ccc(CN)cc1. The Bertz CT molecular complexity index is 389. The fourth-order valence-electron chi connectivity index (χ4n) is 2.16. The summed E-state index contributed by atoms with van der Waals surface area (Å²) in [6, 6.07) is 7.68. The summed E-state index contributed by atoms with van der Waals surface area (Å²) in [5.41, 5.74) is 7.45. The van der Waals surface area contributed by atoms with Crippen LogP contribution in [0.25, 0.3) is 0 Å². The van der Waals surface area contributed by atoms with Gasteiger partial charge in [0, 0.05) is 18.7 Å². The second-order valence-corrected chi connectivity index (χ2v) is 4.99. The van der Waals surface area contributed by atoms with E-state index in [0.29, 0.717) is 13.0 Å². The lowest BCUT2D eigenvalue weighted by Gasteiger charge is -2.18. The monoisotopic (exact) mass is 277 g/mol. The third-order valence-electron chi connectivity index (χ3n) is 3.34. The molecule has 0 saturated heterocycles. The first-order valence-corrected chi connectivity index (χ1v) is 7.50. The predicted octanol–water partition coefficient (Wildman–Crippen LogP) is 2.60. The molecule has 0 aliphatic carbocycles. The fourth-order valence-corrected chi connectivity index (χ4v) is 2.16. The largest absolute Gasteiger partial charge is 0.326 e. The summed E-state index contributed by atoms with van der Waals surface area (Å²) in [4.78, 5) is 14.2. The van der Waals surface area contributed by atoms with Crippen molar-refractivity contribution in [3.8, 4) is 0 Å². The van der Waals surface area contributed by atoms with E-state index in [2.05, 4.69) is 24.1 Å². The second-order valence-electron chi connectivity index (χ2n) is 4.99. The number of carbonyl (C=O) groups excluding carboxylic acids is 1. The minimum absolute atomic E-state index is 0.0815. The lowest BCUT2D eigenvalue weighted by molar-refractivity contribution is -0.116. The van der Waals surface area contributed by atoms with Gasteiger partial charge in [-0.25, -0.2) is 0 Å². The Hall–Kier alpha value is -1.39. The van der Waals surface area contributed by atoms with Gasteiger partial charge in [-0.2, -0.15) is 0 Å². The van der Waals surface area contributed by atoms with Gasteiger partial charge in [0.2, 0.25) is 5.91 Å². The molecule has 0 heterocycles. The maximum Gasteiger partial charge on any atom is 0.224 e. The minimum Gasteiger partial charge on any atom is -0.326 e. The average molecular weight is 277 g/mol. The van der Waals surface area contributed by atoms with Crippen LogP contribution >= 0.6 is 0 Å². The Morgan fingerprint density at radius 2 is 1.90 bits per heavy atom. The van der Waals surface area contributed by atoms with E-state index < -0.39 is 0 Å². The number of hydrogen-bond donors (Lipinski definition) is 2. The highest BCUT2D eigenvalue weighted by atomic mass is 16.1. The van der Waals surface area contributed by atoms with E-state index in [1.165, 1.54) is 0 Å². The summed E-state index contributed by atoms with van der Waals surface area (Å²) in [6.45, 7) is 8.02. The van der Waals surface area contributed by atoms with Crippen molar-refractivity contribution < 1.29 is 4.79 Å². The molecule has 0 bridgehead atoms. The zero-order valence-corrected chi connectivity index (χ0v) is 12.7. The third kappa shape index (κ3) is 6.17. The molecule has 1 amide bonds. The van der Waals surface area contributed by atoms with E-state index in [0.717, 1.165) is 43.7 Å². The van der Waals surface area contributed by atoms with Crippen molar-refractivity contribution in [3.63, 3.8) is 0 Å². The Morgan fingerprint density at radius 3 is 2.45 bits per heavy atom. The van der Waals surface area contributed by atoms with Crippen molar-refractivity contribution >= 4 is 11.6 Å². The average Bonchev–Trinajstić information content (AvgIpc) is 2.47. The van der Waals surface area contributed by atoms with Gasteiger partial charge in [-0.15, -0.1) is 0 Å². The zero-order valence-electron chi connectivity index (χ0n) is 12.7. The number of rotatable bonds is 9. The van der Waals surface area contributed by atoms with Crippen LogP contribution < -0.4 is 11.1 Å². The molecule has 0 saturated carbocycles. The molecule has 0 aliphatic rings. The van der Waals surface area contributed by atoms with Crippen LogP contribution in [-0.4, -0.2) is 30.4 Å². The number of anilines is 1. The Balaban J connectivity index is 2.28. The number of carbonyl (C=O) groups is 1. The minimum atomic E-state index is 0.0815. The molecule has 4 nitrogen and oxygen atoms in total. The van der Waals surface area contributed by atoms with Gasteiger partial charge in [-0.3, -0.25) is 4.79 Å². The molecule has 1 aromatic rings. The lowest BCUT2D eigenvalue weighted by Crippen LogP contribution is -2.26. The molecule has 1 rings (SSSR count). The number of nitrogens with zero attached hydrogens (tertiary/aromatic N) is 1. The molecule has 0 unspecified atom stereocenters. The van der Waals surface area contributed by atoms with Crippen molar-refractivity contribution in [2.24, 2.45) is 5.73 Å². The van der Waals surface area contributed by atoms with Crippen molar-refractivity contribution in [2.75, 3.05) is 25.0 Å². The third-order valence-corrected chi connectivity index (χ3v) is 3.34. The summed E-state index contributed by atoms with van der Waals surface area (Å²) in [6.07, 6.45) is 2.63. The molecule has 0 fully saturated rings. The highest BCUT2D eigenvalue weighted by Crippen LogP contribution is 2.10. The second kappa shape index (κ2) is 9.50. The number of amides is 1. The first-order chi connectivity index (χ1) is 9.69. The molecule has 0 atom stereocenters. The standard InChI is InChI=1S/C16H27N3O/c1-3-11-19(4-2)12-5-6-16(20)18-15-9-7-14(13-17)8-10-15/h7-10H,3-6,11-13,17H2,1-2H3,(H,18,20). The number of nitrogens with one attached hydrogen (secondary N) is 1. The highest BCUT2D eigenvalue weighted by Gasteiger charge is 2.05. The van der Waals surface area contributed by atoms with Crippen LogP contribution in [0.4, 0.5) is 5.69 Å². The van der Waals surface area contributed by atoms with Crippen LogP contribution in [-0.2, 0) is 11.3 Å². The van der Waals surface area contributed by atoms with Crippen LogP contribution in [0.15, 0.2) is 24.3 Å². The van der Waals surface area contributed by atoms with Crippen LogP contribution in [0.1, 0.15) is 38.7 Å². The maximum atomic E-state index is 11.8. The molecule has 4 heteroatoms. The molecule has 0 radical (unpaired) electrons. The molecule has 0 spiro atoms. The van der Waals surface area contributed by atoms with E-state index in [1.807, 2.05) is 24.3 Å². The van der Waals surface area contributed by atoms with Crippen molar-refractivity contribution in [2.45, 2.75) is 39.7 Å². The van der Waals surface area contributed by atoms with E-state index in [9.17, 15) is 4.79 Å². The quantitative estimate of drug-likeness (QED) is 0.729.